The van der Waals surface area contributed by atoms with Crippen LogP contribution >= 0.6 is 11.3 Å². The van der Waals surface area contributed by atoms with E-state index in [2.05, 4.69) is 31.3 Å². The number of carbonyl (C=O) groups is 1. The van der Waals surface area contributed by atoms with Crippen molar-refractivity contribution in [3.05, 3.63) is 21.9 Å². The highest BCUT2D eigenvalue weighted by atomic mass is 32.1. The Kier molecular flexibility index (Phi) is 6.36. The minimum absolute atomic E-state index is 0.0239. The van der Waals surface area contributed by atoms with Crippen LogP contribution in [0.3, 0.4) is 0 Å². The Morgan fingerprint density at radius 2 is 2.22 bits per heavy atom. The second-order valence-corrected chi connectivity index (χ2v) is 6.25. The highest BCUT2D eigenvalue weighted by Crippen LogP contribution is 2.16. The van der Waals surface area contributed by atoms with E-state index in [4.69, 9.17) is 5.73 Å². The van der Waals surface area contributed by atoms with E-state index in [9.17, 15) is 4.79 Å². The summed E-state index contributed by atoms with van der Waals surface area (Å²) >= 11 is 1.78. The Balaban J connectivity index is 2.35. The van der Waals surface area contributed by atoms with Gasteiger partial charge in [-0.05, 0) is 32.4 Å². The average molecular weight is 268 g/mol. The number of hydrogen-bond donors (Lipinski definition) is 2. The molecule has 2 unspecified atom stereocenters. The predicted octanol–water partition coefficient (Wildman–Crippen LogP) is 2.62. The fourth-order valence-electron chi connectivity index (χ4n) is 1.85. The molecular formula is C14H24N2OS. The lowest BCUT2D eigenvalue weighted by atomic mass is 10.1. The molecular weight excluding hydrogens is 244 g/mol. The number of nitrogens with two attached hydrogens (primary N) is 1. The first-order valence-electron chi connectivity index (χ1n) is 6.64. The lowest BCUT2D eigenvalue weighted by Crippen LogP contribution is -2.45. The van der Waals surface area contributed by atoms with Gasteiger partial charge >= 0.3 is 0 Å². The van der Waals surface area contributed by atoms with Gasteiger partial charge in [0.15, 0.2) is 0 Å². The highest BCUT2D eigenvalue weighted by molar-refractivity contribution is 7.11. The van der Waals surface area contributed by atoms with Gasteiger partial charge < -0.3 is 11.1 Å². The van der Waals surface area contributed by atoms with Crippen LogP contribution in [0.4, 0.5) is 0 Å². The van der Waals surface area contributed by atoms with E-state index >= 15 is 0 Å². The molecule has 1 heterocycles. The summed E-state index contributed by atoms with van der Waals surface area (Å²) in [6.07, 6.45) is 3.73. The third-order valence-electron chi connectivity index (χ3n) is 2.90. The Morgan fingerprint density at radius 1 is 1.50 bits per heavy atom. The lowest BCUT2D eigenvalue weighted by molar-refractivity contribution is -0.123. The maximum absolute atomic E-state index is 11.8. The van der Waals surface area contributed by atoms with Crippen LogP contribution in [0.1, 0.15) is 42.9 Å². The molecule has 0 aliphatic rings. The number of nitrogens with one attached hydrogen (secondary N) is 1. The first-order valence-corrected chi connectivity index (χ1v) is 7.45. The third-order valence-corrected chi connectivity index (χ3v) is 3.92. The van der Waals surface area contributed by atoms with Gasteiger partial charge in [0.05, 0.1) is 6.04 Å². The van der Waals surface area contributed by atoms with Crippen LogP contribution in [0.5, 0.6) is 0 Å². The second kappa shape index (κ2) is 7.54. The fraction of sp³-hybridized carbons (Fsp3) is 0.643. The zero-order valence-corrected chi connectivity index (χ0v) is 12.3. The molecule has 0 saturated carbocycles. The second-order valence-electron chi connectivity index (χ2n) is 4.87. The van der Waals surface area contributed by atoms with Gasteiger partial charge in [-0.25, -0.2) is 0 Å². The molecule has 0 fully saturated rings. The maximum atomic E-state index is 11.8. The van der Waals surface area contributed by atoms with Crippen LogP contribution in [0.25, 0.3) is 0 Å². The van der Waals surface area contributed by atoms with E-state index in [1.54, 1.807) is 11.3 Å². The van der Waals surface area contributed by atoms with E-state index in [1.165, 1.54) is 9.75 Å². The van der Waals surface area contributed by atoms with Crippen molar-refractivity contribution in [2.45, 2.75) is 58.5 Å². The van der Waals surface area contributed by atoms with Crippen molar-refractivity contribution in [1.82, 2.24) is 5.32 Å². The summed E-state index contributed by atoms with van der Waals surface area (Å²) in [7, 11) is 0. The number of rotatable bonds is 7. The van der Waals surface area contributed by atoms with Gasteiger partial charge in [-0.2, -0.15) is 0 Å². The van der Waals surface area contributed by atoms with Crippen LogP contribution in [0.2, 0.25) is 0 Å². The number of hydrogen-bond acceptors (Lipinski definition) is 3. The van der Waals surface area contributed by atoms with Gasteiger partial charge in [0, 0.05) is 22.2 Å². The molecule has 1 amide bonds. The molecule has 0 aromatic carbocycles. The molecule has 1 aromatic rings. The molecule has 18 heavy (non-hydrogen) atoms. The smallest absolute Gasteiger partial charge is 0.237 e. The molecule has 0 aliphatic heterocycles. The summed E-state index contributed by atoms with van der Waals surface area (Å²) in [5.74, 6) is -0.0239. The van der Waals surface area contributed by atoms with Crippen molar-refractivity contribution < 1.29 is 4.79 Å². The Bertz CT molecular complexity index is 376. The van der Waals surface area contributed by atoms with Gasteiger partial charge in [0.1, 0.15) is 0 Å². The standard InChI is InChI=1S/C14H24N2OS/c1-4-5-6-13(15)14(17)16-10(2)9-12-8-7-11(3)18-12/h7-8,10,13H,4-6,9,15H2,1-3H3,(H,16,17). The molecule has 102 valence electrons. The molecule has 0 radical (unpaired) electrons. The normalized spacial score (nSPS) is 14.2. The number of carbonyl (C=O) groups excluding carboxylic acids is 1. The summed E-state index contributed by atoms with van der Waals surface area (Å²) in [5, 5.41) is 2.99. The van der Waals surface area contributed by atoms with Crippen molar-refractivity contribution >= 4 is 17.2 Å². The Labute approximate surface area is 114 Å². The minimum Gasteiger partial charge on any atom is -0.352 e. The zero-order valence-electron chi connectivity index (χ0n) is 11.5. The van der Waals surface area contributed by atoms with Crippen LogP contribution in [-0.4, -0.2) is 18.0 Å². The fourth-order valence-corrected chi connectivity index (χ4v) is 2.87. The van der Waals surface area contributed by atoms with Crippen LogP contribution in [-0.2, 0) is 11.2 Å². The van der Waals surface area contributed by atoms with E-state index in [-0.39, 0.29) is 18.0 Å². The maximum Gasteiger partial charge on any atom is 0.237 e. The topological polar surface area (TPSA) is 55.1 Å². The van der Waals surface area contributed by atoms with Crippen LogP contribution in [0, 0.1) is 6.92 Å². The monoisotopic (exact) mass is 268 g/mol. The number of unbranched alkanes of at least 4 members (excludes halogenated alkanes) is 1. The molecule has 0 saturated heterocycles. The highest BCUT2D eigenvalue weighted by Gasteiger charge is 2.15. The van der Waals surface area contributed by atoms with Crippen molar-refractivity contribution in [2.24, 2.45) is 5.73 Å². The number of thiophene rings is 1. The largest absolute Gasteiger partial charge is 0.352 e. The Morgan fingerprint density at radius 3 is 2.78 bits per heavy atom. The summed E-state index contributed by atoms with van der Waals surface area (Å²) in [6.45, 7) is 6.23. The van der Waals surface area contributed by atoms with E-state index in [0.29, 0.717) is 0 Å². The first kappa shape index (κ1) is 15.2. The summed E-state index contributed by atoms with van der Waals surface area (Å²) in [6, 6.07) is 4.02. The van der Waals surface area contributed by atoms with Crippen LogP contribution in [0.15, 0.2) is 12.1 Å². The van der Waals surface area contributed by atoms with Crippen molar-refractivity contribution in [1.29, 1.82) is 0 Å². The molecule has 0 bridgehead atoms. The van der Waals surface area contributed by atoms with E-state index in [0.717, 1.165) is 25.7 Å². The molecule has 1 rings (SSSR count). The SMILES string of the molecule is CCCCC(N)C(=O)NC(C)Cc1ccc(C)s1. The molecule has 4 heteroatoms. The average Bonchev–Trinajstić information content (AvgIpc) is 2.71. The van der Waals surface area contributed by atoms with Crippen molar-refractivity contribution in [3.63, 3.8) is 0 Å². The van der Waals surface area contributed by atoms with Crippen LogP contribution < -0.4 is 11.1 Å². The minimum atomic E-state index is -0.363. The van der Waals surface area contributed by atoms with E-state index < -0.39 is 0 Å². The first-order chi connectivity index (χ1) is 8.52. The molecule has 3 nitrogen and oxygen atoms in total. The van der Waals surface area contributed by atoms with Gasteiger partial charge in [0.2, 0.25) is 5.91 Å². The summed E-state index contributed by atoms with van der Waals surface area (Å²) < 4.78 is 0. The summed E-state index contributed by atoms with van der Waals surface area (Å²) in [5.41, 5.74) is 5.84. The molecule has 0 spiro atoms. The van der Waals surface area contributed by atoms with Gasteiger partial charge in [0.25, 0.3) is 0 Å². The van der Waals surface area contributed by atoms with Crippen molar-refractivity contribution in [2.75, 3.05) is 0 Å². The number of amides is 1. The quantitative estimate of drug-likeness (QED) is 0.798. The lowest BCUT2D eigenvalue weighted by Gasteiger charge is -2.16. The zero-order chi connectivity index (χ0) is 13.5. The molecule has 1 aromatic heterocycles. The van der Waals surface area contributed by atoms with Gasteiger partial charge in [-0.1, -0.05) is 19.8 Å². The molecule has 3 N–H and O–H groups in total. The van der Waals surface area contributed by atoms with Gasteiger partial charge in [-0.15, -0.1) is 11.3 Å². The molecule has 2 atom stereocenters. The van der Waals surface area contributed by atoms with E-state index in [1.807, 2.05) is 6.92 Å². The van der Waals surface area contributed by atoms with Crippen molar-refractivity contribution in [3.8, 4) is 0 Å². The molecule has 0 aliphatic carbocycles. The van der Waals surface area contributed by atoms with Gasteiger partial charge in [-0.3, -0.25) is 4.79 Å². The summed E-state index contributed by atoms with van der Waals surface area (Å²) in [4.78, 5) is 14.4. The Hall–Kier alpha value is -0.870. The number of aryl methyl sites for hydroxylation is 1. The third kappa shape index (κ3) is 5.19. The predicted molar refractivity (Wildman–Crippen MR) is 77.9 cm³/mol.